The fourth-order valence-corrected chi connectivity index (χ4v) is 2.05. The van der Waals surface area contributed by atoms with Gasteiger partial charge in [0.05, 0.1) is 12.7 Å². The van der Waals surface area contributed by atoms with E-state index in [0.717, 1.165) is 0 Å². The molecular formula is C9H11N5O5. The Hall–Kier alpha value is -1.85. The van der Waals surface area contributed by atoms with Crippen LogP contribution in [0.15, 0.2) is 17.4 Å². The Kier molecular flexibility index (Phi) is 2.80. The number of nitrogens with zero attached hydrogens (tertiary/aromatic N) is 3. The Morgan fingerprint density at radius 3 is 2.84 bits per heavy atom. The molecule has 1 aliphatic heterocycles. The zero-order valence-corrected chi connectivity index (χ0v) is 9.46. The zero-order valence-electron chi connectivity index (χ0n) is 9.46. The number of aromatic nitrogens is 4. The van der Waals surface area contributed by atoms with E-state index >= 15 is 0 Å². The maximum absolute atomic E-state index is 11.5. The second kappa shape index (κ2) is 4.36. The number of H-pyrrole nitrogens is 1. The Bertz CT molecular complexity index is 654. The molecule has 102 valence electrons. The average molecular weight is 269 g/mol. The minimum atomic E-state index is -1.32. The third kappa shape index (κ3) is 1.74. The summed E-state index contributed by atoms with van der Waals surface area (Å²) in [5.41, 5.74) is 1.62. The summed E-state index contributed by atoms with van der Waals surface area (Å²) in [4.78, 5) is 21.7. The third-order valence-electron chi connectivity index (χ3n) is 3.00. The molecule has 1 fully saturated rings. The largest absolute Gasteiger partial charge is 0.386 e. The van der Waals surface area contributed by atoms with Gasteiger partial charge in [0.15, 0.2) is 23.6 Å². The van der Waals surface area contributed by atoms with Crippen molar-refractivity contribution >= 4 is 11.2 Å². The molecule has 0 bridgehead atoms. The van der Waals surface area contributed by atoms with Crippen molar-refractivity contribution in [3.63, 3.8) is 0 Å². The van der Waals surface area contributed by atoms with Gasteiger partial charge in [-0.1, -0.05) is 0 Å². The molecule has 1 aliphatic rings. The molecule has 3 heterocycles. The Balaban J connectivity index is 2.06. The summed E-state index contributed by atoms with van der Waals surface area (Å²) in [6.45, 7) is 0. The van der Waals surface area contributed by atoms with Crippen LogP contribution in [0.1, 0.15) is 6.23 Å². The fourth-order valence-electron chi connectivity index (χ4n) is 2.05. The topological polar surface area (TPSA) is 146 Å². The number of aromatic amines is 1. The number of hydrogen-bond donors (Lipinski definition) is 5. The number of nitrogens with one attached hydrogen (secondary N) is 2. The molecule has 0 unspecified atom stereocenters. The predicted molar refractivity (Wildman–Crippen MR) is 59.0 cm³/mol. The minimum Gasteiger partial charge on any atom is -0.386 e. The van der Waals surface area contributed by atoms with Gasteiger partial charge in [-0.05, 0) is 0 Å². The standard InChI is InChI=1S/C9H11N5O5/c15-4-5(16)9(19-8(4)13-18)14-2-12-3-6(14)10-1-11-7(3)17/h1-2,4-5,8-9,13,15-16,18H,(H,10,11,17)/t4-,5+,8-,9+/m0/s1. The fraction of sp³-hybridized carbons (Fsp3) is 0.444. The van der Waals surface area contributed by atoms with E-state index in [-0.39, 0.29) is 11.2 Å². The molecule has 0 radical (unpaired) electrons. The van der Waals surface area contributed by atoms with Gasteiger partial charge >= 0.3 is 0 Å². The van der Waals surface area contributed by atoms with Gasteiger partial charge in [0.2, 0.25) is 0 Å². The molecule has 10 heteroatoms. The second-order valence-corrected chi connectivity index (χ2v) is 4.11. The van der Waals surface area contributed by atoms with E-state index in [4.69, 9.17) is 9.94 Å². The van der Waals surface area contributed by atoms with Crippen molar-refractivity contribution in [1.82, 2.24) is 25.0 Å². The van der Waals surface area contributed by atoms with Crippen molar-refractivity contribution in [2.75, 3.05) is 0 Å². The van der Waals surface area contributed by atoms with E-state index in [0.29, 0.717) is 0 Å². The van der Waals surface area contributed by atoms with Crippen LogP contribution in [-0.4, -0.2) is 53.4 Å². The Morgan fingerprint density at radius 1 is 1.37 bits per heavy atom. The lowest BCUT2D eigenvalue weighted by molar-refractivity contribution is -0.0952. The summed E-state index contributed by atoms with van der Waals surface area (Å²) >= 11 is 0. The van der Waals surface area contributed by atoms with Crippen molar-refractivity contribution < 1.29 is 20.2 Å². The highest BCUT2D eigenvalue weighted by molar-refractivity contribution is 5.68. The number of imidazole rings is 1. The van der Waals surface area contributed by atoms with E-state index in [1.165, 1.54) is 17.2 Å². The van der Waals surface area contributed by atoms with E-state index < -0.39 is 30.2 Å². The van der Waals surface area contributed by atoms with Gasteiger partial charge in [-0.3, -0.25) is 9.36 Å². The van der Waals surface area contributed by atoms with Crippen LogP contribution in [0.2, 0.25) is 0 Å². The van der Waals surface area contributed by atoms with Gasteiger partial charge in [-0.25, -0.2) is 9.97 Å². The van der Waals surface area contributed by atoms with E-state index in [1.54, 1.807) is 5.48 Å². The van der Waals surface area contributed by atoms with E-state index in [9.17, 15) is 15.0 Å². The summed E-state index contributed by atoms with van der Waals surface area (Å²) in [5, 5.41) is 28.3. The number of fused-ring (bicyclic) bond motifs is 1. The quantitative estimate of drug-likeness (QED) is 0.382. The molecule has 2 aromatic heterocycles. The smallest absolute Gasteiger partial charge is 0.278 e. The molecule has 19 heavy (non-hydrogen) atoms. The summed E-state index contributed by atoms with van der Waals surface area (Å²) in [5.74, 6) is 0. The van der Waals surface area contributed by atoms with Gasteiger partial charge in [-0.2, -0.15) is 5.48 Å². The van der Waals surface area contributed by atoms with Crippen molar-refractivity contribution in [3.8, 4) is 0 Å². The lowest BCUT2D eigenvalue weighted by Crippen LogP contribution is -2.38. The van der Waals surface area contributed by atoms with Crippen LogP contribution < -0.4 is 11.0 Å². The third-order valence-corrected chi connectivity index (χ3v) is 3.00. The Morgan fingerprint density at radius 2 is 2.16 bits per heavy atom. The molecule has 5 N–H and O–H groups in total. The van der Waals surface area contributed by atoms with Crippen LogP contribution in [0.4, 0.5) is 0 Å². The maximum Gasteiger partial charge on any atom is 0.278 e. The molecule has 0 saturated carbocycles. The normalized spacial score (nSPS) is 31.1. The first-order valence-electron chi connectivity index (χ1n) is 5.45. The molecule has 0 aromatic carbocycles. The molecular weight excluding hydrogens is 258 g/mol. The Labute approximate surface area is 105 Å². The van der Waals surface area contributed by atoms with Gasteiger partial charge in [0.25, 0.3) is 5.56 Å². The van der Waals surface area contributed by atoms with Gasteiger partial charge in [0, 0.05) is 0 Å². The number of ether oxygens (including phenoxy) is 1. The predicted octanol–water partition coefficient (Wildman–Crippen LogP) is -2.32. The highest BCUT2D eigenvalue weighted by Gasteiger charge is 2.44. The summed E-state index contributed by atoms with van der Waals surface area (Å²) < 4.78 is 6.55. The second-order valence-electron chi connectivity index (χ2n) is 4.11. The van der Waals surface area contributed by atoms with Crippen molar-refractivity contribution in [3.05, 3.63) is 23.0 Å². The van der Waals surface area contributed by atoms with Crippen LogP contribution >= 0.6 is 0 Å². The first-order chi connectivity index (χ1) is 9.13. The molecule has 1 saturated heterocycles. The van der Waals surface area contributed by atoms with Crippen LogP contribution in [0.3, 0.4) is 0 Å². The molecule has 10 nitrogen and oxygen atoms in total. The zero-order chi connectivity index (χ0) is 13.6. The maximum atomic E-state index is 11.5. The van der Waals surface area contributed by atoms with Crippen LogP contribution in [-0.2, 0) is 4.74 Å². The van der Waals surface area contributed by atoms with Gasteiger partial charge in [0.1, 0.15) is 12.2 Å². The number of hydrogen-bond acceptors (Lipinski definition) is 8. The molecule has 2 aromatic rings. The summed E-state index contributed by atoms with van der Waals surface area (Å²) in [6, 6.07) is 0. The van der Waals surface area contributed by atoms with Crippen molar-refractivity contribution in [2.24, 2.45) is 0 Å². The number of aliphatic hydroxyl groups excluding tert-OH is 2. The van der Waals surface area contributed by atoms with E-state index in [2.05, 4.69) is 15.0 Å². The number of aliphatic hydroxyl groups is 2. The van der Waals surface area contributed by atoms with Crippen molar-refractivity contribution in [1.29, 1.82) is 0 Å². The SMILES string of the molecule is O=c1[nH]cnc2c1ncn2[C@@H]1O[C@H](NO)[C@@H](O)[C@H]1O. The van der Waals surface area contributed by atoms with Crippen LogP contribution in [0, 0.1) is 0 Å². The van der Waals surface area contributed by atoms with Gasteiger partial charge < -0.3 is 25.1 Å². The lowest BCUT2D eigenvalue weighted by Gasteiger charge is -2.15. The first-order valence-corrected chi connectivity index (χ1v) is 5.45. The summed E-state index contributed by atoms with van der Waals surface area (Å²) in [6.07, 6.45) is -2.31. The molecule has 4 atom stereocenters. The number of rotatable bonds is 2. The van der Waals surface area contributed by atoms with Gasteiger partial charge in [-0.15, -0.1) is 0 Å². The van der Waals surface area contributed by atoms with Crippen LogP contribution in [0.25, 0.3) is 11.2 Å². The highest BCUT2D eigenvalue weighted by Crippen LogP contribution is 2.29. The number of hydroxylamine groups is 1. The molecule has 0 spiro atoms. The lowest BCUT2D eigenvalue weighted by atomic mass is 10.2. The first kappa shape index (κ1) is 12.2. The van der Waals surface area contributed by atoms with E-state index in [1.807, 2.05) is 0 Å². The highest BCUT2D eigenvalue weighted by atomic mass is 16.6. The van der Waals surface area contributed by atoms with Crippen molar-refractivity contribution in [2.45, 2.75) is 24.7 Å². The van der Waals surface area contributed by atoms with Crippen LogP contribution in [0.5, 0.6) is 0 Å². The minimum absolute atomic E-state index is 0.0909. The average Bonchev–Trinajstić information content (AvgIpc) is 2.94. The molecule has 3 rings (SSSR count). The molecule has 0 amide bonds. The monoisotopic (exact) mass is 269 g/mol. The molecule has 0 aliphatic carbocycles. The summed E-state index contributed by atoms with van der Waals surface area (Å²) in [7, 11) is 0.